The van der Waals surface area contributed by atoms with E-state index in [1.807, 2.05) is 119 Å². The minimum atomic E-state index is -0.412. The van der Waals surface area contributed by atoms with Crippen molar-refractivity contribution in [3.8, 4) is 91.4 Å². The number of hydrogen-bond donors (Lipinski definition) is 7. The molecule has 3 aliphatic rings. The standard InChI is InChI=1S/C21H21N7O3.C20H19N7O3.C20H19N7O2.C19H19N7O3/c1-2-30-15-7-14(8-15)28-11-17(19(27-28)16-5-3-4-6-22-16)25-20(29)18-12-31-21(26-18)13-9-23-24-10-13;28-19(17-12-30-20(25-17)13-9-22-23-10-13)24-16-11-27(14-4-7-29-8-5-14)26-18(16)15-3-1-2-6-21-15;1-26-11-16(18(25-26)15-4-2-3-7-21-15)23-19(28)17-12-29-20(24-17)14-8-22-27(10-14)9-13-5-6-13;1-2-28-8-7-26-11-15(17(25-26)14-5-3-4-6-20-14)23-18(27)16-12-29-19(24-16)13-9-21-22-10-13/h3-6,9-12,14-15H,2,7-8H2,1H3,(H,23,24)(H,25,29);1-3,6,9-12,14H,4-5,7-8H2,(H,22,23)(H,24,28);2-4,7-8,10-13H,5-6,9H2,1H3,(H,23,28);3-6,9-12H,2,7-8H2,1H3,(H,21,22)(H,23,27). The molecule has 119 heavy (non-hydrogen) atoms. The Morgan fingerprint density at radius 3 is 1.29 bits per heavy atom. The van der Waals surface area contributed by atoms with E-state index >= 15 is 0 Å². The number of aryl methyl sites for hydroxylation is 1. The minimum Gasteiger partial charge on any atom is -0.444 e. The van der Waals surface area contributed by atoms with Crippen molar-refractivity contribution in [3.05, 3.63) is 220 Å². The lowest BCUT2D eigenvalue weighted by Gasteiger charge is -2.34. The van der Waals surface area contributed by atoms with Crippen molar-refractivity contribution < 1.29 is 51.1 Å². The first-order valence-corrected chi connectivity index (χ1v) is 38.2. The molecule has 1 aliphatic heterocycles. The zero-order chi connectivity index (χ0) is 81.4. The second kappa shape index (κ2) is 36.6. The third-order valence-electron chi connectivity index (χ3n) is 19.0. The molecular formula is C80H78N28O11. The molecule has 19 rings (SSSR count). The second-order valence-electron chi connectivity index (χ2n) is 27.4. The van der Waals surface area contributed by atoms with Crippen LogP contribution in [0.25, 0.3) is 91.4 Å². The zero-order valence-electron chi connectivity index (χ0n) is 64.4. The monoisotopic (exact) mass is 1610 g/mol. The van der Waals surface area contributed by atoms with Gasteiger partial charge in [-0.2, -0.15) is 40.8 Å². The van der Waals surface area contributed by atoms with E-state index in [-0.39, 0.29) is 46.9 Å². The van der Waals surface area contributed by atoms with E-state index in [1.54, 1.807) is 97.0 Å². The van der Waals surface area contributed by atoms with Gasteiger partial charge in [0.2, 0.25) is 23.6 Å². The van der Waals surface area contributed by atoms with Crippen molar-refractivity contribution in [2.75, 3.05) is 54.3 Å². The van der Waals surface area contributed by atoms with Crippen LogP contribution < -0.4 is 21.3 Å². The smallest absolute Gasteiger partial charge is 0.277 e. The van der Waals surface area contributed by atoms with Gasteiger partial charge in [-0.05, 0) is 107 Å². The molecule has 16 aromatic rings. The topological polar surface area (TPSA) is 475 Å². The molecule has 16 aromatic heterocycles. The van der Waals surface area contributed by atoms with Gasteiger partial charge in [0.05, 0.1) is 124 Å². The number of aromatic amines is 3. The number of nitrogens with zero attached hydrogens (tertiary/aromatic N) is 21. The van der Waals surface area contributed by atoms with E-state index in [4.69, 9.17) is 42.1 Å². The van der Waals surface area contributed by atoms with Crippen LogP contribution in [0, 0.1) is 5.92 Å². The van der Waals surface area contributed by atoms with Gasteiger partial charge in [0.15, 0.2) is 22.8 Å². The summed E-state index contributed by atoms with van der Waals surface area (Å²) >= 11 is 0. The molecule has 604 valence electrons. The van der Waals surface area contributed by atoms with Crippen LogP contribution in [0.4, 0.5) is 22.7 Å². The summed E-state index contributed by atoms with van der Waals surface area (Å²) in [7, 11) is 1.79. The normalized spacial score (nSPS) is 14.3. The number of aromatic nitrogens is 24. The number of pyridine rings is 4. The molecule has 0 radical (unpaired) electrons. The van der Waals surface area contributed by atoms with E-state index in [2.05, 4.69) is 107 Å². The van der Waals surface area contributed by atoms with Gasteiger partial charge < -0.3 is 53.1 Å². The van der Waals surface area contributed by atoms with E-state index in [9.17, 15) is 19.2 Å². The lowest BCUT2D eigenvalue weighted by molar-refractivity contribution is -0.0226. The van der Waals surface area contributed by atoms with Crippen molar-refractivity contribution in [1.29, 1.82) is 0 Å². The van der Waals surface area contributed by atoms with E-state index in [0.717, 1.165) is 43.7 Å². The van der Waals surface area contributed by atoms with Crippen molar-refractivity contribution in [2.24, 2.45) is 13.0 Å². The second-order valence-corrected chi connectivity index (χ2v) is 27.4. The molecule has 0 unspecified atom stereocenters. The van der Waals surface area contributed by atoms with E-state index in [1.165, 1.54) is 37.9 Å². The Morgan fingerprint density at radius 1 is 0.462 bits per heavy atom. The first-order chi connectivity index (χ1) is 58.4. The van der Waals surface area contributed by atoms with E-state index in [0.29, 0.717) is 148 Å². The van der Waals surface area contributed by atoms with Gasteiger partial charge in [0, 0.05) is 114 Å². The van der Waals surface area contributed by atoms with Crippen LogP contribution in [-0.4, -0.2) is 182 Å². The summed E-state index contributed by atoms with van der Waals surface area (Å²) < 4.78 is 47.2. The zero-order valence-corrected chi connectivity index (χ0v) is 64.4. The average molecular weight is 1610 g/mol. The Hall–Kier alpha value is -15.1. The number of rotatable bonds is 26. The number of oxazole rings is 4. The fourth-order valence-electron chi connectivity index (χ4n) is 12.7. The maximum Gasteiger partial charge on any atom is 0.277 e. The van der Waals surface area contributed by atoms with E-state index < -0.39 is 17.7 Å². The summed E-state index contributed by atoms with van der Waals surface area (Å²) in [5.74, 6) is 0.456. The van der Waals surface area contributed by atoms with Gasteiger partial charge in [0.25, 0.3) is 23.6 Å². The summed E-state index contributed by atoms with van der Waals surface area (Å²) in [6.45, 7) is 8.63. The largest absolute Gasteiger partial charge is 0.444 e. The Kier molecular flexibility index (Phi) is 23.9. The predicted octanol–water partition coefficient (Wildman–Crippen LogP) is 11.9. The van der Waals surface area contributed by atoms with Crippen LogP contribution >= 0.6 is 0 Å². The van der Waals surface area contributed by atoms with Crippen LogP contribution in [0.5, 0.6) is 0 Å². The van der Waals surface area contributed by atoms with Gasteiger partial charge in [0.1, 0.15) is 47.8 Å². The van der Waals surface area contributed by atoms with Crippen molar-refractivity contribution in [3.63, 3.8) is 0 Å². The number of carbonyl (C=O) groups excluding carboxylic acids is 4. The summed E-state index contributed by atoms with van der Waals surface area (Å²) in [5, 5.41) is 53.8. The molecule has 7 N–H and O–H groups in total. The molecular weight excluding hydrogens is 1530 g/mol. The van der Waals surface area contributed by atoms with Crippen LogP contribution in [-0.2, 0) is 34.3 Å². The van der Waals surface area contributed by atoms with Gasteiger partial charge in [-0.1, -0.05) is 24.3 Å². The molecule has 2 saturated carbocycles. The Labute approximate surface area is 675 Å². The number of hydrogen-bond acceptors (Lipinski definition) is 27. The highest BCUT2D eigenvalue weighted by Gasteiger charge is 2.34. The van der Waals surface area contributed by atoms with Crippen molar-refractivity contribution in [2.45, 2.75) is 83.6 Å². The third-order valence-corrected chi connectivity index (χ3v) is 19.0. The molecule has 39 heteroatoms. The lowest BCUT2D eigenvalue weighted by Crippen LogP contribution is -2.33. The highest BCUT2D eigenvalue weighted by Crippen LogP contribution is 2.38. The van der Waals surface area contributed by atoms with Crippen LogP contribution in [0.3, 0.4) is 0 Å². The molecule has 0 atom stereocenters. The van der Waals surface area contributed by atoms with Crippen LogP contribution in [0.1, 0.15) is 106 Å². The maximum absolute atomic E-state index is 12.8. The van der Waals surface area contributed by atoms with Gasteiger partial charge in [-0.15, -0.1) is 0 Å². The molecule has 0 aromatic carbocycles. The van der Waals surface area contributed by atoms with Gasteiger partial charge in [-0.3, -0.25) is 77.8 Å². The lowest BCUT2D eigenvalue weighted by atomic mass is 9.89. The minimum absolute atomic E-state index is 0.148. The first kappa shape index (κ1) is 77.8. The Morgan fingerprint density at radius 2 is 0.882 bits per heavy atom. The molecule has 39 nitrogen and oxygen atoms in total. The van der Waals surface area contributed by atoms with Crippen LogP contribution in [0.15, 0.2) is 215 Å². The molecule has 2 aliphatic carbocycles. The molecule has 4 amide bonds. The van der Waals surface area contributed by atoms with Crippen LogP contribution in [0.2, 0.25) is 0 Å². The fourth-order valence-corrected chi connectivity index (χ4v) is 12.7. The molecule has 0 spiro atoms. The van der Waals surface area contributed by atoms with Gasteiger partial charge >= 0.3 is 0 Å². The molecule has 1 saturated heterocycles. The summed E-state index contributed by atoms with van der Waals surface area (Å²) in [5.41, 5.74) is 10.6. The highest BCUT2D eigenvalue weighted by molar-refractivity contribution is 6.07. The summed E-state index contributed by atoms with van der Waals surface area (Å²) in [4.78, 5) is 85.5. The fraction of sp³-hybridized carbons (Fsp3) is 0.250. The predicted molar refractivity (Wildman–Crippen MR) is 427 cm³/mol. The number of anilines is 4. The van der Waals surface area contributed by atoms with Crippen molar-refractivity contribution >= 4 is 46.4 Å². The number of ether oxygens (including phenoxy) is 3. The highest BCUT2D eigenvalue weighted by atomic mass is 16.5. The number of H-pyrrole nitrogens is 3. The average Bonchev–Trinajstić information content (AvgIpc) is 1.64. The third kappa shape index (κ3) is 19.1. The Bertz CT molecular complexity index is 5970. The molecule has 17 heterocycles. The first-order valence-electron chi connectivity index (χ1n) is 38.2. The Balaban J connectivity index is 0.000000118. The summed E-state index contributed by atoms with van der Waals surface area (Å²) in [6.07, 6.45) is 38.7. The SMILES string of the molecule is CCOC1CC(n2cc(NC(=O)c3coc(-c4cn[nH]c4)n3)c(-c3ccccn3)n2)C1.CCOCCn1cc(NC(=O)c2coc(-c3cn[nH]c3)n2)c(-c2ccccn2)n1.Cn1cc(NC(=O)c2coc(-c3cnn(CC4CC4)c3)n2)c(-c2ccccn2)n1.O=C(Nc1cn(C2CCOCC2)nc1-c1ccccn1)c1coc(-c2cn[nH]c2)n1. The quantitative estimate of drug-likeness (QED) is 0.0248. The van der Waals surface area contributed by atoms with Gasteiger partial charge in [-0.25, -0.2) is 19.9 Å². The maximum atomic E-state index is 12.8. The summed E-state index contributed by atoms with van der Waals surface area (Å²) in [6, 6.07) is 22.7. The number of carbonyl (C=O) groups is 4. The van der Waals surface area contributed by atoms with Crippen molar-refractivity contribution in [1.82, 2.24) is 119 Å². The molecule has 3 fully saturated rings. The number of nitrogens with one attached hydrogen (secondary N) is 7. The number of amides is 4. The molecule has 0 bridgehead atoms.